The summed E-state index contributed by atoms with van der Waals surface area (Å²) in [5.74, 6) is 0.717. The Morgan fingerprint density at radius 2 is 2.05 bits per heavy atom. The molecule has 102 valence electrons. The Balaban J connectivity index is 0.00000110. The molecule has 0 aliphatic carbocycles. The maximum atomic E-state index is 14.2. The predicted molar refractivity (Wildman–Crippen MR) is 74.9 cm³/mol. The molecule has 4 rings (SSSR count). The second-order valence-corrected chi connectivity index (χ2v) is 4.94. The number of benzene rings is 1. The van der Waals surface area contributed by atoms with Gasteiger partial charge in [0, 0.05) is 24.0 Å². The van der Waals surface area contributed by atoms with E-state index >= 15 is 0 Å². The zero-order valence-corrected chi connectivity index (χ0v) is 11.4. The molecule has 0 spiro atoms. The van der Waals surface area contributed by atoms with Gasteiger partial charge in [-0.2, -0.15) is 0 Å². The SMILES string of the molecule is Cl.Fc1ccc2c3c1c1c(n3CCO2)CCNCC1. The van der Waals surface area contributed by atoms with E-state index < -0.39 is 0 Å². The molecule has 0 amide bonds. The third kappa shape index (κ3) is 1.74. The van der Waals surface area contributed by atoms with Crippen LogP contribution < -0.4 is 10.1 Å². The molecule has 0 bridgehead atoms. The molecule has 1 aromatic carbocycles. The van der Waals surface area contributed by atoms with Crippen molar-refractivity contribution < 1.29 is 9.13 Å². The minimum absolute atomic E-state index is 0. The number of rotatable bonds is 0. The molecule has 0 unspecified atom stereocenters. The Bertz CT molecular complexity index is 638. The van der Waals surface area contributed by atoms with E-state index in [4.69, 9.17) is 4.74 Å². The van der Waals surface area contributed by atoms with Crippen LogP contribution in [0.25, 0.3) is 10.9 Å². The van der Waals surface area contributed by atoms with E-state index in [2.05, 4.69) is 9.88 Å². The lowest BCUT2D eigenvalue weighted by molar-refractivity contribution is 0.284. The van der Waals surface area contributed by atoms with Gasteiger partial charge in [-0.15, -0.1) is 12.4 Å². The van der Waals surface area contributed by atoms with E-state index in [9.17, 15) is 4.39 Å². The molecule has 0 atom stereocenters. The first-order valence-electron chi connectivity index (χ1n) is 6.52. The van der Waals surface area contributed by atoms with Gasteiger partial charge in [-0.1, -0.05) is 0 Å². The monoisotopic (exact) mass is 282 g/mol. The quantitative estimate of drug-likeness (QED) is 0.802. The molecule has 2 aliphatic heterocycles. The van der Waals surface area contributed by atoms with Gasteiger partial charge in [0.2, 0.25) is 0 Å². The summed E-state index contributed by atoms with van der Waals surface area (Å²) in [4.78, 5) is 0. The summed E-state index contributed by atoms with van der Waals surface area (Å²) >= 11 is 0. The topological polar surface area (TPSA) is 26.2 Å². The van der Waals surface area contributed by atoms with Crippen LogP contribution in [0.1, 0.15) is 11.3 Å². The van der Waals surface area contributed by atoms with Crippen LogP contribution in [0, 0.1) is 5.82 Å². The maximum absolute atomic E-state index is 14.2. The van der Waals surface area contributed by atoms with E-state index in [0.29, 0.717) is 6.61 Å². The number of hydrogen-bond acceptors (Lipinski definition) is 2. The van der Waals surface area contributed by atoms with Crippen molar-refractivity contribution in [2.24, 2.45) is 0 Å². The molecule has 3 heterocycles. The fourth-order valence-corrected chi connectivity index (χ4v) is 3.26. The molecule has 0 radical (unpaired) electrons. The van der Waals surface area contributed by atoms with Gasteiger partial charge in [0.15, 0.2) is 0 Å². The molecule has 19 heavy (non-hydrogen) atoms. The van der Waals surface area contributed by atoms with E-state index in [1.807, 2.05) is 0 Å². The summed E-state index contributed by atoms with van der Waals surface area (Å²) in [5.41, 5.74) is 3.44. The molecule has 5 heteroatoms. The van der Waals surface area contributed by atoms with Crippen LogP contribution in [-0.4, -0.2) is 24.3 Å². The van der Waals surface area contributed by atoms with Gasteiger partial charge in [-0.05, 0) is 30.7 Å². The number of halogens is 2. The second kappa shape index (κ2) is 4.69. The zero-order chi connectivity index (χ0) is 12.1. The minimum Gasteiger partial charge on any atom is -0.490 e. The third-order valence-corrected chi connectivity index (χ3v) is 4.00. The van der Waals surface area contributed by atoms with Gasteiger partial charge in [0.1, 0.15) is 18.2 Å². The number of nitrogens with one attached hydrogen (secondary N) is 1. The molecule has 2 aliphatic rings. The number of aromatic nitrogens is 1. The Hall–Kier alpha value is -1.26. The third-order valence-electron chi connectivity index (χ3n) is 4.00. The standard InChI is InChI=1S/C14H15FN2O.ClH/c15-10-1-2-12-14-13(10)9-3-5-16-6-4-11(9)17(14)7-8-18-12;/h1-2,16H,3-8H2;1H. The van der Waals surface area contributed by atoms with Crippen LogP contribution >= 0.6 is 12.4 Å². The molecule has 1 N–H and O–H groups in total. The number of hydrogen-bond donors (Lipinski definition) is 1. The van der Waals surface area contributed by atoms with Crippen molar-refractivity contribution >= 4 is 23.3 Å². The largest absolute Gasteiger partial charge is 0.490 e. The van der Waals surface area contributed by atoms with Crippen LogP contribution in [0.15, 0.2) is 12.1 Å². The summed E-state index contributed by atoms with van der Waals surface area (Å²) in [6.45, 7) is 3.42. The van der Waals surface area contributed by atoms with Gasteiger partial charge in [0.05, 0.1) is 12.1 Å². The molecule has 2 aromatic rings. The molecular weight excluding hydrogens is 267 g/mol. The van der Waals surface area contributed by atoms with Crippen LogP contribution in [0.5, 0.6) is 5.75 Å². The average molecular weight is 283 g/mol. The van der Waals surface area contributed by atoms with Crippen molar-refractivity contribution in [1.29, 1.82) is 0 Å². The fourth-order valence-electron chi connectivity index (χ4n) is 3.26. The van der Waals surface area contributed by atoms with Crippen LogP contribution in [0.3, 0.4) is 0 Å². The lowest BCUT2D eigenvalue weighted by Crippen LogP contribution is -2.19. The molecule has 1 aromatic heterocycles. The minimum atomic E-state index is -0.115. The Kier molecular flexibility index (Phi) is 3.15. The van der Waals surface area contributed by atoms with Crippen LogP contribution in [0.4, 0.5) is 4.39 Å². The van der Waals surface area contributed by atoms with Crippen LogP contribution in [-0.2, 0) is 19.4 Å². The van der Waals surface area contributed by atoms with Gasteiger partial charge < -0.3 is 14.6 Å². The Morgan fingerprint density at radius 3 is 2.95 bits per heavy atom. The molecular formula is C14H16ClFN2O. The smallest absolute Gasteiger partial charge is 0.143 e. The number of fused-ring (bicyclic) bond motifs is 3. The van der Waals surface area contributed by atoms with Crippen molar-refractivity contribution in [1.82, 2.24) is 9.88 Å². The maximum Gasteiger partial charge on any atom is 0.143 e. The Morgan fingerprint density at radius 1 is 1.21 bits per heavy atom. The first-order valence-corrected chi connectivity index (χ1v) is 6.52. The van der Waals surface area contributed by atoms with Gasteiger partial charge in [-0.3, -0.25) is 0 Å². The van der Waals surface area contributed by atoms with Crippen molar-refractivity contribution in [3.05, 3.63) is 29.2 Å². The van der Waals surface area contributed by atoms with Crippen LogP contribution in [0.2, 0.25) is 0 Å². The van der Waals surface area contributed by atoms with Crippen molar-refractivity contribution in [3.8, 4) is 5.75 Å². The van der Waals surface area contributed by atoms with E-state index in [1.54, 1.807) is 6.07 Å². The molecule has 0 fully saturated rings. The Labute approximate surface area is 117 Å². The number of ether oxygens (including phenoxy) is 1. The fraction of sp³-hybridized carbons (Fsp3) is 0.429. The van der Waals surface area contributed by atoms with Crippen molar-refractivity contribution in [2.45, 2.75) is 19.4 Å². The normalized spacial score (nSPS) is 17.3. The summed E-state index contributed by atoms with van der Waals surface area (Å²) in [6, 6.07) is 3.29. The summed E-state index contributed by atoms with van der Waals surface area (Å²) < 4.78 is 22.1. The highest BCUT2D eigenvalue weighted by molar-refractivity contribution is 5.91. The first-order chi connectivity index (χ1) is 8.86. The summed E-state index contributed by atoms with van der Waals surface area (Å²) in [6.07, 6.45) is 1.88. The van der Waals surface area contributed by atoms with E-state index in [1.165, 1.54) is 17.3 Å². The van der Waals surface area contributed by atoms with E-state index in [0.717, 1.165) is 49.1 Å². The average Bonchev–Trinajstić information content (AvgIpc) is 2.57. The van der Waals surface area contributed by atoms with Gasteiger partial charge in [-0.25, -0.2) is 4.39 Å². The zero-order valence-electron chi connectivity index (χ0n) is 10.5. The molecule has 0 saturated heterocycles. The first kappa shape index (κ1) is 12.8. The van der Waals surface area contributed by atoms with Gasteiger partial charge >= 0.3 is 0 Å². The van der Waals surface area contributed by atoms with E-state index in [-0.39, 0.29) is 18.2 Å². The highest BCUT2D eigenvalue weighted by Crippen LogP contribution is 2.37. The lowest BCUT2D eigenvalue weighted by Gasteiger charge is -2.19. The van der Waals surface area contributed by atoms with Crippen molar-refractivity contribution in [3.63, 3.8) is 0 Å². The predicted octanol–water partition coefficient (Wildman–Crippen LogP) is 2.28. The summed E-state index contributed by atoms with van der Waals surface area (Å²) in [7, 11) is 0. The van der Waals surface area contributed by atoms with Gasteiger partial charge in [0.25, 0.3) is 0 Å². The second-order valence-electron chi connectivity index (χ2n) is 4.94. The molecule has 0 saturated carbocycles. The highest BCUT2D eigenvalue weighted by atomic mass is 35.5. The lowest BCUT2D eigenvalue weighted by atomic mass is 10.1. The molecule has 3 nitrogen and oxygen atoms in total. The number of nitrogens with zero attached hydrogens (tertiary/aromatic N) is 1. The van der Waals surface area contributed by atoms with Crippen molar-refractivity contribution in [2.75, 3.05) is 19.7 Å². The summed E-state index contributed by atoms with van der Waals surface area (Å²) in [5, 5.41) is 4.16. The highest BCUT2D eigenvalue weighted by Gasteiger charge is 2.25.